The van der Waals surface area contributed by atoms with E-state index in [0.29, 0.717) is 25.9 Å². The molecule has 0 spiro atoms. The normalized spacial score (nSPS) is 17.9. The number of piperidine rings is 1. The van der Waals surface area contributed by atoms with Gasteiger partial charge in [0.15, 0.2) is 5.76 Å². The third kappa shape index (κ3) is 6.26. The van der Waals surface area contributed by atoms with Crippen LogP contribution < -0.4 is 9.80 Å². The van der Waals surface area contributed by atoms with Crippen LogP contribution in [-0.4, -0.2) is 63.8 Å². The van der Waals surface area contributed by atoms with Crippen molar-refractivity contribution in [1.29, 1.82) is 0 Å². The van der Waals surface area contributed by atoms with Crippen molar-refractivity contribution in [3.63, 3.8) is 0 Å². The Morgan fingerprint density at radius 2 is 1.83 bits per heavy atom. The molecule has 2 fully saturated rings. The largest absolute Gasteiger partial charge is 0.441 e. The van der Waals surface area contributed by atoms with E-state index in [9.17, 15) is 28.1 Å². The summed E-state index contributed by atoms with van der Waals surface area (Å²) in [6.45, 7) is 0.317. The lowest BCUT2D eigenvalue weighted by molar-refractivity contribution is -0.402. The molecule has 1 atom stereocenters. The molecule has 2 aliphatic rings. The highest BCUT2D eigenvalue weighted by molar-refractivity contribution is 7.85. The van der Waals surface area contributed by atoms with Crippen LogP contribution in [0.3, 0.4) is 0 Å². The second kappa shape index (κ2) is 11.5. The van der Waals surface area contributed by atoms with Gasteiger partial charge in [-0.15, -0.1) is 0 Å². The van der Waals surface area contributed by atoms with Crippen LogP contribution in [0.5, 0.6) is 0 Å². The standard InChI is InChI=1S/C27H25F2N3O9S/c1-42(37,38)39-15-19-14-31(27(34)40-19)18-3-4-20(21(28)13-18)17-2-5-23(22(29)12-17)30-10-8-16(9-11-30)26(33)24-6-7-25(41-24)32(35)36/h2-7,12-13,16,19H,8-11,14-15H2,1H3/t19-/m1/s1. The van der Waals surface area contributed by atoms with E-state index in [-0.39, 0.29) is 47.2 Å². The topological polar surface area (TPSA) is 150 Å². The Bertz CT molecular complexity index is 1650. The van der Waals surface area contributed by atoms with Gasteiger partial charge in [-0.05, 0) is 54.8 Å². The van der Waals surface area contributed by atoms with Crippen molar-refractivity contribution < 1.29 is 45.0 Å². The fourth-order valence-electron chi connectivity index (χ4n) is 5.00. The number of carbonyl (C=O) groups excluding carboxylic acids is 2. The summed E-state index contributed by atoms with van der Waals surface area (Å²) in [7, 11) is -3.73. The number of carbonyl (C=O) groups is 2. The summed E-state index contributed by atoms with van der Waals surface area (Å²) >= 11 is 0. The van der Waals surface area contributed by atoms with Crippen LogP contribution in [0.2, 0.25) is 0 Å². The summed E-state index contributed by atoms with van der Waals surface area (Å²) < 4.78 is 67.5. The maximum atomic E-state index is 15.2. The zero-order valence-electron chi connectivity index (χ0n) is 22.2. The van der Waals surface area contributed by atoms with Crippen LogP contribution in [0.1, 0.15) is 23.4 Å². The number of cyclic esters (lactones) is 1. The Hall–Kier alpha value is -4.37. The molecule has 15 heteroatoms. The van der Waals surface area contributed by atoms with Crippen LogP contribution in [0.15, 0.2) is 52.9 Å². The number of nitrogens with zero attached hydrogens (tertiary/aromatic N) is 3. The molecule has 222 valence electrons. The number of benzene rings is 2. The van der Waals surface area contributed by atoms with Gasteiger partial charge in [0.25, 0.3) is 10.1 Å². The molecular formula is C27H25F2N3O9S. The molecule has 0 aliphatic carbocycles. The van der Waals surface area contributed by atoms with Crippen LogP contribution in [0.25, 0.3) is 11.1 Å². The molecule has 0 bridgehead atoms. The fraction of sp³-hybridized carbons (Fsp3) is 0.333. The van der Waals surface area contributed by atoms with Gasteiger partial charge in [-0.2, -0.15) is 8.42 Å². The van der Waals surface area contributed by atoms with Crippen molar-refractivity contribution >= 4 is 39.3 Å². The molecule has 2 saturated heterocycles. The molecular weight excluding hydrogens is 580 g/mol. The summed E-state index contributed by atoms with van der Waals surface area (Å²) in [5.41, 5.74) is 0.845. The molecule has 0 unspecified atom stereocenters. The molecule has 2 aromatic carbocycles. The minimum absolute atomic E-state index is 0.0415. The van der Waals surface area contributed by atoms with E-state index in [1.165, 1.54) is 30.3 Å². The molecule has 0 saturated carbocycles. The van der Waals surface area contributed by atoms with Gasteiger partial charge in [0.05, 0.1) is 30.2 Å². The number of hydrogen-bond donors (Lipinski definition) is 0. The highest BCUT2D eigenvalue weighted by Crippen LogP contribution is 2.34. The lowest BCUT2D eigenvalue weighted by Gasteiger charge is -2.33. The third-order valence-electron chi connectivity index (χ3n) is 7.09. The van der Waals surface area contributed by atoms with E-state index >= 15 is 8.78 Å². The minimum Gasteiger partial charge on any atom is -0.441 e. The van der Waals surface area contributed by atoms with E-state index in [0.717, 1.165) is 23.3 Å². The van der Waals surface area contributed by atoms with E-state index in [4.69, 9.17) is 9.15 Å². The maximum absolute atomic E-state index is 15.2. The first-order valence-electron chi connectivity index (χ1n) is 12.8. The van der Waals surface area contributed by atoms with Crippen molar-refractivity contribution in [2.75, 3.05) is 42.3 Å². The van der Waals surface area contributed by atoms with Gasteiger partial charge in [-0.3, -0.25) is 24.0 Å². The number of halogens is 2. The molecule has 5 rings (SSSR count). The average Bonchev–Trinajstić information content (AvgIpc) is 3.58. The average molecular weight is 606 g/mol. The number of anilines is 2. The molecule has 12 nitrogen and oxygen atoms in total. The summed E-state index contributed by atoms with van der Waals surface area (Å²) in [4.78, 5) is 37.9. The Kier molecular flexibility index (Phi) is 7.97. The van der Waals surface area contributed by atoms with Gasteiger partial charge in [0, 0.05) is 24.6 Å². The molecule has 42 heavy (non-hydrogen) atoms. The Balaban J connectivity index is 1.23. The molecule has 1 amide bonds. The van der Waals surface area contributed by atoms with Gasteiger partial charge >= 0.3 is 12.0 Å². The maximum Gasteiger partial charge on any atom is 0.433 e. The van der Waals surface area contributed by atoms with Gasteiger partial charge in [0.1, 0.15) is 29.3 Å². The van der Waals surface area contributed by atoms with Crippen LogP contribution >= 0.6 is 0 Å². The molecule has 0 radical (unpaired) electrons. The number of furan rings is 1. The molecule has 2 aliphatic heterocycles. The highest BCUT2D eigenvalue weighted by atomic mass is 32.2. The minimum atomic E-state index is -3.73. The zero-order chi connectivity index (χ0) is 30.2. The summed E-state index contributed by atoms with van der Waals surface area (Å²) in [5.74, 6) is -2.63. The second-order valence-electron chi connectivity index (χ2n) is 9.96. The summed E-state index contributed by atoms with van der Waals surface area (Å²) in [6, 6.07) is 10.7. The van der Waals surface area contributed by atoms with E-state index < -0.39 is 50.7 Å². The third-order valence-corrected chi connectivity index (χ3v) is 7.65. The van der Waals surface area contributed by atoms with Crippen molar-refractivity contribution in [2.45, 2.75) is 18.9 Å². The van der Waals surface area contributed by atoms with Gasteiger partial charge < -0.3 is 14.1 Å². The Morgan fingerprint density at radius 1 is 1.10 bits per heavy atom. The lowest BCUT2D eigenvalue weighted by atomic mass is 9.91. The first-order chi connectivity index (χ1) is 19.9. The zero-order valence-corrected chi connectivity index (χ0v) is 23.0. The molecule has 3 aromatic rings. The highest BCUT2D eigenvalue weighted by Gasteiger charge is 2.34. The first-order valence-corrected chi connectivity index (χ1v) is 14.7. The SMILES string of the molecule is CS(=O)(=O)OC[C@H]1CN(c2ccc(-c3ccc(N4CCC(C(=O)c5ccc([N+](=O)[O-])o5)CC4)c(F)c3)c(F)c2)C(=O)O1. The Labute approximate surface area is 238 Å². The van der Waals surface area contributed by atoms with Crippen LogP contribution in [-0.2, 0) is 19.0 Å². The number of hydrogen-bond acceptors (Lipinski definition) is 10. The van der Waals surface area contributed by atoms with Gasteiger partial charge in [-0.25, -0.2) is 13.6 Å². The lowest BCUT2D eigenvalue weighted by Crippen LogP contribution is -2.36. The summed E-state index contributed by atoms with van der Waals surface area (Å²) in [5, 5.41) is 10.8. The number of ether oxygens (including phenoxy) is 1. The van der Waals surface area contributed by atoms with Crippen molar-refractivity contribution in [3.05, 3.63) is 76.0 Å². The number of ketones is 1. The van der Waals surface area contributed by atoms with Crippen molar-refractivity contribution in [3.8, 4) is 11.1 Å². The predicted octanol–water partition coefficient (Wildman–Crippen LogP) is 4.53. The van der Waals surface area contributed by atoms with Crippen molar-refractivity contribution in [2.24, 2.45) is 5.92 Å². The smallest absolute Gasteiger partial charge is 0.433 e. The first kappa shape index (κ1) is 29.1. The van der Waals surface area contributed by atoms with Crippen LogP contribution in [0.4, 0.5) is 30.8 Å². The van der Waals surface area contributed by atoms with E-state index in [1.807, 2.05) is 0 Å². The van der Waals surface area contributed by atoms with Gasteiger partial charge in [0.2, 0.25) is 5.78 Å². The second-order valence-corrected chi connectivity index (χ2v) is 11.6. The summed E-state index contributed by atoms with van der Waals surface area (Å²) in [6.07, 6.45) is 0.0228. The number of rotatable bonds is 9. The molecule has 3 heterocycles. The molecule has 1 aromatic heterocycles. The van der Waals surface area contributed by atoms with Gasteiger partial charge in [-0.1, -0.05) is 6.07 Å². The predicted molar refractivity (Wildman–Crippen MR) is 145 cm³/mol. The van der Waals surface area contributed by atoms with Crippen LogP contribution in [0, 0.1) is 27.7 Å². The number of amides is 1. The number of nitro groups is 1. The fourth-order valence-corrected chi connectivity index (χ4v) is 5.40. The Morgan fingerprint density at radius 3 is 2.45 bits per heavy atom. The van der Waals surface area contributed by atoms with Crippen molar-refractivity contribution in [1.82, 2.24) is 0 Å². The quantitative estimate of drug-likeness (QED) is 0.147. The molecule has 0 N–H and O–H groups in total. The monoisotopic (exact) mass is 605 g/mol. The van der Waals surface area contributed by atoms with E-state index in [1.54, 1.807) is 11.0 Å². The number of Topliss-reactive ketones (excluding diaryl/α,β-unsaturated/α-hetero) is 1. The van der Waals surface area contributed by atoms with E-state index in [2.05, 4.69) is 4.18 Å².